The molecule has 3 fully saturated rings. The number of ether oxygens (including phenoxy) is 2. The van der Waals surface area contributed by atoms with Crippen molar-refractivity contribution >= 4 is 35.1 Å². The molecular formula is C23H27ClN2O6. The van der Waals surface area contributed by atoms with E-state index in [1.54, 1.807) is 37.3 Å². The average molecular weight is 463 g/mol. The Morgan fingerprint density at radius 2 is 2.12 bits per heavy atom. The van der Waals surface area contributed by atoms with Crippen LogP contribution in [0.15, 0.2) is 36.9 Å². The van der Waals surface area contributed by atoms with Gasteiger partial charge >= 0.3 is 5.97 Å². The zero-order chi connectivity index (χ0) is 23.0. The molecule has 3 aliphatic rings. The van der Waals surface area contributed by atoms with Crippen molar-refractivity contribution < 1.29 is 29.0 Å². The number of nitrogens with zero attached hydrogens (tertiary/aromatic N) is 2. The Morgan fingerprint density at radius 3 is 2.75 bits per heavy atom. The van der Waals surface area contributed by atoms with E-state index in [0.29, 0.717) is 23.6 Å². The first kappa shape index (κ1) is 22.8. The van der Waals surface area contributed by atoms with Crippen LogP contribution in [0.3, 0.4) is 0 Å². The number of anilines is 1. The zero-order valence-corrected chi connectivity index (χ0v) is 18.7. The first-order valence-corrected chi connectivity index (χ1v) is 11.2. The number of rotatable bonds is 8. The molecule has 172 valence electrons. The molecule has 32 heavy (non-hydrogen) atoms. The van der Waals surface area contributed by atoms with E-state index in [-0.39, 0.29) is 38.1 Å². The number of hydrogen-bond acceptors (Lipinski definition) is 6. The second-order valence-corrected chi connectivity index (χ2v) is 8.71. The molecule has 3 saturated heterocycles. The van der Waals surface area contributed by atoms with Gasteiger partial charge in [-0.2, -0.15) is 0 Å². The lowest BCUT2D eigenvalue weighted by atomic mass is 9.70. The third-order valence-corrected chi connectivity index (χ3v) is 6.90. The van der Waals surface area contributed by atoms with Gasteiger partial charge in [-0.3, -0.25) is 14.4 Å². The van der Waals surface area contributed by atoms with Crippen LogP contribution in [0.25, 0.3) is 0 Å². The van der Waals surface area contributed by atoms with Crippen LogP contribution < -0.4 is 4.90 Å². The van der Waals surface area contributed by atoms with E-state index in [1.165, 1.54) is 9.80 Å². The molecule has 2 unspecified atom stereocenters. The largest absolute Gasteiger partial charge is 0.466 e. The van der Waals surface area contributed by atoms with Crippen molar-refractivity contribution in [1.29, 1.82) is 0 Å². The van der Waals surface area contributed by atoms with Crippen LogP contribution in [0.1, 0.15) is 19.8 Å². The minimum Gasteiger partial charge on any atom is -0.466 e. The molecule has 1 N–H and O–H groups in total. The second-order valence-electron chi connectivity index (χ2n) is 8.28. The quantitative estimate of drug-likeness (QED) is 0.467. The number of hydrogen-bond donors (Lipinski definition) is 1. The van der Waals surface area contributed by atoms with Crippen LogP contribution in [0.2, 0.25) is 5.02 Å². The number of carbonyl (C=O) groups excluding carboxylic acids is 3. The Kier molecular flexibility index (Phi) is 6.29. The van der Waals surface area contributed by atoms with Gasteiger partial charge in [0.1, 0.15) is 11.6 Å². The number of β-amino-alcohol motifs (C(OH)–C–C–N with tert-alkyl or cyclic N) is 1. The predicted octanol–water partition coefficient (Wildman–Crippen LogP) is 1.79. The summed E-state index contributed by atoms with van der Waals surface area (Å²) in [6.45, 7) is 5.54. The number of amides is 2. The molecule has 1 aromatic rings. The molecule has 1 aromatic carbocycles. The normalized spacial score (nSPS) is 30.3. The van der Waals surface area contributed by atoms with E-state index in [4.69, 9.17) is 21.1 Å². The molecule has 3 heterocycles. The zero-order valence-electron chi connectivity index (χ0n) is 17.9. The lowest BCUT2D eigenvalue weighted by Gasteiger charge is -2.36. The summed E-state index contributed by atoms with van der Waals surface area (Å²) in [5, 5.41) is 10.2. The average Bonchev–Trinajstić information content (AvgIpc) is 3.41. The monoisotopic (exact) mass is 462 g/mol. The van der Waals surface area contributed by atoms with Crippen LogP contribution in [0, 0.1) is 11.8 Å². The summed E-state index contributed by atoms with van der Waals surface area (Å²) in [6, 6.07) is 5.84. The van der Waals surface area contributed by atoms with E-state index < -0.39 is 35.6 Å². The Hall–Kier alpha value is -2.42. The fourth-order valence-corrected chi connectivity index (χ4v) is 5.63. The minimum absolute atomic E-state index is 0.0282. The number of fused-ring (bicyclic) bond motifs is 1. The summed E-state index contributed by atoms with van der Waals surface area (Å²) >= 11 is 6.01. The van der Waals surface area contributed by atoms with Crippen molar-refractivity contribution in [3.8, 4) is 0 Å². The molecule has 3 aliphatic heterocycles. The maximum atomic E-state index is 14.0. The highest BCUT2D eigenvalue weighted by Crippen LogP contribution is 2.58. The smallest absolute Gasteiger partial charge is 0.312 e. The molecule has 4 rings (SSSR count). The van der Waals surface area contributed by atoms with Gasteiger partial charge in [-0.15, -0.1) is 6.58 Å². The van der Waals surface area contributed by atoms with Crippen LogP contribution in [-0.4, -0.2) is 71.8 Å². The first-order chi connectivity index (χ1) is 15.4. The Bertz CT molecular complexity index is 922. The van der Waals surface area contributed by atoms with Gasteiger partial charge in [-0.05, 0) is 44.0 Å². The SMILES string of the molecule is C=CCN(C(=O)C1N(CCO)C(=O)[C@@H]2[C@@H](C(=O)OCC)[C@H]3CCC12O3)c1ccc(Cl)cc1. The van der Waals surface area contributed by atoms with Crippen LogP contribution in [0.4, 0.5) is 5.69 Å². The van der Waals surface area contributed by atoms with Gasteiger partial charge in [0.25, 0.3) is 5.91 Å². The number of likely N-dealkylation sites (tertiary alicyclic amines) is 1. The van der Waals surface area contributed by atoms with E-state index in [1.807, 2.05) is 0 Å². The summed E-state index contributed by atoms with van der Waals surface area (Å²) < 4.78 is 11.5. The number of carbonyl (C=O) groups is 3. The lowest BCUT2D eigenvalue weighted by Crippen LogP contribution is -2.56. The molecule has 9 heteroatoms. The van der Waals surface area contributed by atoms with Crippen molar-refractivity contribution in [2.75, 3.05) is 31.2 Å². The number of esters is 1. The lowest BCUT2D eigenvalue weighted by molar-refractivity contribution is -0.154. The summed E-state index contributed by atoms with van der Waals surface area (Å²) in [5.41, 5.74) is -0.526. The van der Waals surface area contributed by atoms with Crippen LogP contribution >= 0.6 is 11.6 Å². The fraction of sp³-hybridized carbons (Fsp3) is 0.522. The summed E-state index contributed by atoms with van der Waals surface area (Å²) in [7, 11) is 0. The molecule has 8 nitrogen and oxygen atoms in total. The molecule has 0 radical (unpaired) electrons. The van der Waals surface area contributed by atoms with E-state index in [2.05, 4.69) is 6.58 Å². The molecule has 2 amide bonds. The number of aliphatic hydroxyl groups excluding tert-OH is 1. The van der Waals surface area contributed by atoms with Crippen LogP contribution in [0.5, 0.6) is 0 Å². The first-order valence-electron chi connectivity index (χ1n) is 10.8. The second kappa shape index (κ2) is 8.84. The summed E-state index contributed by atoms with van der Waals surface area (Å²) in [4.78, 5) is 43.0. The van der Waals surface area contributed by atoms with E-state index >= 15 is 0 Å². The van der Waals surface area contributed by atoms with Gasteiger partial charge in [-0.1, -0.05) is 17.7 Å². The van der Waals surface area contributed by atoms with Crippen molar-refractivity contribution in [2.45, 2.75) is 37.5 Å². The molecular weight excluding hydrogens is 436 g/mol. The molecule has 0 aliphatic carbocycles. The topological polar surface area (TPSA) is 96.4 Å². The van der Waals surface area contributed by atoms with Gasteiger partial charge in [0.15, 0.2) is 0 Å². The number of aliphatic hydroxyl groups is 1. The molecule has 0 aromatic heterocycles. The third kappa shape index (κ3) is 3.41. The predicted molar refractivity (Wildman–Crippen MR) is 117 cm³/mol. The van der Waals surface area contributed by atoms with Crippen molar-refractivity contribution in [3.63, 3.8) is 0 Å². The Morgan fingerprint density at radius 1 is 1.41 bits per heavy atom. The van der Waals surface area contributed by atoms with E-state index in [0.717, 1.165) is 0 Å². The number of halogens is 1. The van der Waals surface area contributed by atoms with Gasteiger partial charge in [-0.25, -0.2) is 0 Å². The third-order valence-electron chi connectivity index (χ3n) is 6.65. The molecule has 1 spiro atoms. The van der Waals surface area contributed by atoms with Gasteiger partial charge in [0, 0.05) is 23.8 Å². The molecule has 0 saturated carbocycles. The maximum Gasteiger partial charge on any atom is 0.312 e. The highest BCUT2D eigenvalue weighted by atomic mass is 35.5. The standard InChI is InChI=1S/C23H27ClN2O6/c1-3-11-25(15-7-5-14(24)6-8-15)21(29)19-23-10-9-16(32-23)17(22(30)31-4-2)18(23)20(28)26(19)12-13-27/h3,5-8,16-19,27H,1,4,9-13H2,2H3/t16-,17+,18+,19?,23?/m1/s1. The summed E-state index contributed by atoms with van der Waals surface area (Å²) in [6.07, 6.45) is 2.18. The molecule has 5 atom stereocenters. The minimum atomic E-state index is -1.13. The molecule has 2 bridgehead atoms. The number of benzene rings is 1. The van der Waals surface area contributed by atoms with E-state index in [9.17, 15) is 19.5 Å². The maximum absolute atomic E-state index is 14.0. The van der Waals surface area contributed by atoms with Crippen molar-refractivity contribution in [3.05, 3.63) is 41.9 Å². The van der Waals surface area contributed by atoms with Crippen molar-refractivity contribution in [1.82, 2.24) is 4.90 Å². The Labute approximate surface area is 191 Å². The van der Waals surface area contributed by atoms with Crippen molar-refractivity contribution in [2.24, 2.45) is 11.8 Å². The van der Waals surface area contributed by atoms with Gasteiger partial charge < -0.3 is 24.4 Å². The highest BCUT2D eigenvalue weighted by molar-refractivity contribution is 6.30. The van der Waals surface area contributed by atoms with Crippen LogP contribution in [-0.2, 0) is 23.9 Å². The summed E-state index contributed by atoms with van der Waals surface area (Å²) in [5.74, 6) is -2.74. The van der Waals surface area contributed by atoms with Gasteiger partial charge in [0.05, 0.1) is 31.2 Å². The fourth-order valence-electron chi connectivity index (χ4n) is 5.51. The highest BCUT2D eigenvalue weighted by Gasteiger charge is 2.75. The van der Waals surface area contributed by atoms with Gasteiger partial charge in [0.2, 0.25) is 5.91 Å². The Balaban J connectivity index is 1.75.